The second kappa shape index (κ2) is 9.96. The molecule has 0 aromatic heterocycles. The molecule has 1 saturated heterocycles. The Hall–Kier alpha value is -1.02. The topological polar surface area (TPSA) is 48.9 Å². The number of fused-ring (bicyclic) bond motifs is 1. The number of halogens is 1. The number of likely N-dealkylation sites (tertiary alicyclic amines) is 1. The van der Waals surface area contributed by atoms with E-state index in [9.17, 15) is 0 Å². The lowest BCUT2D eigenvalue weighted by Gasteiger charge is -2.38. The van der Waals surface area contributed by atoms with Crippen molar-refractivity contribution in [3.8, 4) is 5.75 Å². The molecule has 2 atom stereocenters. The molecule has 3 rings (SSSR count). The molecule has 2 aliphatic rings. The van der Waals surface area contributed by atoms with Crippen molar-refractivity contribution >= 4 is 29.9 Å². The summed E-state index contributed by atoms with van der Waals surface area (Å²) in [6.45, 7) is 11.1. The van der Waals surface area contributed by atoms with Crippen LogP contribution in [0.25, 0.3) is 0 Å². The first kappa shape index (κ1) is 22.3. The highest BCUT2D eigenvalue weighted by Gasteiger charge is 2.34. The highest BCUT2D eigenvalue weighted by atomic mass is 127. The van der Waals surface area contributed by atoms with Gasteiger partial charge in [-0.1, -0.05) is 25.1 Å². The fourth-order valence-corrected chi connectivity index (χ4v) is 4.14. The SMILES string of the molecule is CCN1CCCC(CNC(=NC)NC2CC(C)(C)Oc3ccccc32)C1.I. The molecule has 152 valence electrons. The van der Waals surface area contributed by atoms with Crippen molar-refractivity contribution in [2.45, 2.75) is 51.7 Å². The van der Waals surface area contributed by atoms with Gasteiger partial charge in [0.1, 0.15) is 11.4 Å². The molecule has 0 radical (unpaired) electrons. The van der Waals surface area contributed by atoms with E-state index in [1.807, 2.05) is 13.1 Å². The van der Waals surface area contributed by atoms with Crippen molar-refractivity contribution in [1.29, 1.82) is 0 Å². The van der Waals surface area contributed by atoms with E-state index in [0.29, 0.717) is 5.92 Å². The minimum absolute atomic E-state index is 0. The second-order valence-electron chi connectivity index (χ2n) is 8.16. The largest absolute Gasteiger partial charge is 0.487 e. The molecule has 1 aromatic carbocycles. The van der Waals surface area contributed by atoms with Crippen LogP contribution in [0.1, 0.15) is 51.6 Å². The van der Waals surface area contributed by atoms with Gasteiger partial charge in [0.2, 0.25) is 0 Å². The fraction of sp³-hybridized carbons (Fsp3) is 0.667. The number of nitrogens with zero attached hydrogens (tertiary/aromatic N) is 2. The van der Waals surface area contributed by atoms with Crippen molar-refractivity contribution in [3.05, 3.63) is 29.8 Å². The summed E-state index contributed by atoms with van der Waals surface area (Å²) in [6, 6.07) is 8.53. The summed E-state index contributed by atoms with van der Waals surface area (Å²) in [6.07, 6.45) is 3.51. The van der Waals surface area contributed by atoms with Crippen molar-refractivity contribution in [2.24, 2.45) is 10.9 Å². The molecule has 27 heavy (non-hydrogen) atoms. The van der Waals surface area contributed by atoms with Gasteiger partial charge in [-0.15, -0.1) is 24.0 Å². The predicted molar refractivity (Wildman–Crippen MR) is 123 cm³/mol. The molecule has 1 fully saturated rings. The second-order valence-corrected chi connectivity index (χ2v) is 8.16. The van der Waals surface area contributed by atoms with Crippen LogP contribution >= 0.6 is 24.0 Å². The Kier molecular flexibility index (Phi) is 8.21. The minimum atomic E-state index is -0.185. The number of piperidine rings is 1. The van der Waals surface area contributed by atoms with E-state index in [2.05, 4.69) is 59.5 Å². The number of aliphatic imine (C=N–C) groups is 1. The van der Waals surface area contributed by atoms with Gasteiger partial charge in [-0.3, -0.25) is 4.99 Å². The molecule has 2 unspecified atom stereocenters. The first-order chi connectivity index (χ1) is 12.5. The lowest BCUT2D eigenvalue weighted by molar-refractivity contribution is 0.0693. The van der Waals surface area contributed by atoms with E-state index in [0.717, 1.165) is 31.2 Å². The number of hydrogen-bond acceptors (Lipinski definition) is 3. The maximum absolute atomic E-state index is 6.14. The number of rotatable bonds is 4. The highest BCUT2D eigenvalue weighted by Crippen LogP contribution is 2.39. The molecule has 1 aromatic rings. The number of ether oxygens (including phenoxy) is 1. The van der Waals surface area contributed by atoms with E-state index in [1.165, 1.54) is 31.5 Å². The van der Waals surface area contributed by atoms with E-state index in [-0.39, 0.29) is 35.6 Å². The number of nitrogens with one attached hydrogen (secondary N) is 2. The van der Waals surface area contributed by atoms with Crippen LogP contribution in [0.5, 0.6) is 5.75 Å². The van der Waals surface area contributed by atoms with Crippen molar-refractivity contribution in [1.82, 2.24) is 15.5 Å². The number of para-hydroxylation sites is 1. The van der Waals surface area contributed by atoms with Crippen LogP contribution in [0, 0.1) is 5.92 Å². The molecular weight excluding hydrogens is 451 g/mol. The minimum Gasteiger partial charge on any atom is -0.487 e. The van der Waals surface area contributed by atoms with Gasteiger partial charge < -0.3 is 20.3 Å². The van der Waals surface area contributed by atoms with E-state index < -0.39 is 0 Å². The molecule has 0 bridgehead atoms. The quantitative estimate of drug-likeness (QED) is 0.386. The summed E-state index contributed by atoms with van der Waals surface area (Å²) in [5.74, 6) is 2.55. The monoisotopic (exact) mass is 486 g/mol. The Balaban J connectivity index is 0.00000261. The lowest BCUT2D eigenvalue weighted by atomic mass is 9.90. The zero-order valence-electron chi connectivity index (χ0n) is 17.1. The summed E-state index contributed by atoms with van der Waals surface area (Å²) in [5.41, 5.74) is 1.03. The summed E-state index contributed by atoms with van der Waals surface area (Å²) >= 11 is 0. The third-order valence-corrected chi connectivity index (χ3v) is 5.52. The van der Waals surface area contributed by atoms with Crippen LogP contribution in [0.4, 0.5) is 0 Å². The van der Waals surface area contributed by atoms with Crippen molar-refractivity contribution in [3.63, 3.8) is 0 Å². The Morgan fingerprint density at radius 2 is 2.11 bits per heavy atom. The number of benzene rings is 1. The average molecular weight is 486 g/mol. The van der Waals surface area contributed by atoms with Crippen LogP contribution in [0.15, 0.2) is 29.3 Å². The van der Waals surface area contributed by atoms with E-state index in [4.69, 9.17) is 4.74 Å². The molecule has 0 spiro atoms. The first-order valence-electron chi connectivity index (χ1n) is 9.98. The Labute approximate surface area is 181 Å². The van der Waals surface area contributed by atoms with Gasteiger partial charge in [0.05, 0.1) is 6.04 Å². The zero-order valence-corrected chi connectivity index (χ0v) is 19.5. The van der Waals surface area contributed by atoms with Gasteiger partial charge in [-0.05, 0) is 51.8 Å². The molecule has 6 heteroatoms. The molecule has 5 nitrogen and oxygen atoms in total. The first-order valence-corrected chi connectivity index (χ1v) is 9.98. The third kappa shape index (κ3) is 5.98. The fourth-order valence-electron chi connectivity index (χ4n) is 4.14. The molecule has 0 amide bonds. The van der Waals surface area contributed by atoms with Crippen molar-refractivity contribution in [2.75, 3.05) is 33.2 Å². The van der Waals surface area contributed by atoms with Crippen LogP contribution < -0.4 is 15.4 Å². The Morgan fingerprint density at radius 3 is 2.85 bits per heavy atom. The van der Waals surface area contributed by atoms with Crippen LogP contribution in [-0.4, -0.2) is 49.7 Å². The van der Waals surface area contributed by atoms with Crippen LogP contribution in [-0.2, 0) is 0 Å². The van der Waals surface area contributed by atoms with Gasteiger partial charge >= 0.3 is 0 Å². The third-order valence-electron chi connectivity index (χ3n) is 5.52. The molecule has 2 N–H and O–H groups in total. The van der Waals surface area contributed by atoms with Crippen molar-refractivity contribution < 1.29 is 4.74 Å². The molecular formula is C21H35IN4O. The smallest absolute Gasteiger partial charge is 0.191 e. The molecule has 2 aliphatic heterocycles. The maximum atomic E-state index is 6.14. The van der Waals surface area contributed by atoms with Gasteiger partial charge in [0.25, 0.3) is 0 Å². The van der Waals surface area contributed by atoms with Gasteiger partial charge in [-0.2, -0.15) is 0 Å². The predicted octanol–water partition coefficient (Wildman–Crippen LogP) is 3.80. The zero-order chi connectivity index (χ0) is 18.6. The summed E-state index contributed by atoms with van der Waals surface area (Å²) < 4.78 is 6.14. The summed E-state index contributed by atoms with van der Waals surface area (Å²) in [4.78, 5) is 7.01. The van der Waals surface area contributed by atoms with Crippen LogP contribution in [0.2, 0.25) is 0 Å². The Morgan fingerprint density at radius 1 is 1.33 bits per heavy atom. The van der Waals surface area contributed by atoms with E-state index in [1.54, 1.807) is 0 Å². The van der Waals surface area contributed by atoms with Crippen LogP contribution in [0.3, 0.4) is 0 Å². The molecule has 2 heterocycles. The van der Waals surface area contributed by atoms with Gasteiger partial charge in [0, 0.05) is 32.1 Å². The Bertz CT molecular complexity index is 634. The molecule has 0 saturated carbocycles. The van der Waals surface area contributed by atoms with Gasteiger partial charge in [0.15, 0.2) is 5.96 Å². The number of guanidine groups is 1. The lowest BCUT2D eigenvalue weighted by Crippen LogP contribution is -2.47. The number of hydrogen-bond donors (Lipinski definition) is 2. The molecule has 0 aliphatic carbocycles. The van der Waals surface area contributed by atoms with E-state index >= 15 is 0 Å². The standard InChI is InChI=1S/C21H34N4O.HI/c1-5-25-12-8-9-16(15-25)14-23-20(22-4)24-18-13-21(2,3)26-19-11-7-6-10-17(18)19;/h6-7,10-11,16,18H,5,8-9,12-15H2,1-4H3,(H2,22,23,24);1H. The highest BCUT2D eigenvalue weighted by molar-refractivity contribution is 14.0. The maximum Gasteiger partial charge on any atom is 0.191 e. The van der Waals surface area contributed by atoms with Gasteiger partial charge in [-0.25, -0.2) is 0 Å². The normalized spacial score (nSPS) is 25.0. The average Bonchev–Trinajstić information content (AvgIpc) is 2.64. The summed E-state index contributed by atoms with van der Waals surface area (Å²) in [5, 5.41) is 7.19. The summed E-state index contributed by atoms with van der Waals surface area (Å²) in [7, 11) is 1.85.